The summed E-state index contributed by atoms with van der Waals surface area (Å²) >= 11 is 0. The second kappa shape index (κ2) is 5.69. The third-order valence-corrected chi connectivity index (χ3v) is 2.77. The van der Waals surface area contributed by atoms with Crippen LogP contribution in [0.4, 0.5) is 5.69 Å². The monoisotopic (exact) mass is 246 g/mol. The molecule has 0 aliphatic heterocycles. The lowest BCUT2D eigenvalue weighted by molar-refractivity contribution is 0.211. The van der Waals surface area contributed by atoms with Gasteiger partial charge in [-0.05, 0) is 19.1 Å². The van der Waals surface area contributed by atoms with Gasteiger partial charge in [-0.3, -0.25) is 0 Å². The van der Waals surface area contributed by atoms with Crippen LogP contribution in [-0.4, -0.2) is 32.4 Å². The molecule has 2 aromatic rings. The van der Waals surface area contributed by atoms with Gasteiger partial charge < -0.3 is 14.8 Å². The highest BCUT2D eigenvalue weighted by molar-refractivity contribution is 5.95. The van der Waals surface area contributed by atoms with Crippen molar-refractivity contribution >= 4 is 16.6 Å². The number of nitrogens with one attached hydrogen (secondary N) is 1. The molecule has 0 bridgehead atoms. The van der Waals surface area contributed by atoms with E-state index in [2.05, 4.69) is 10.3 Å². The summed E-state index contributed by atoms with van der Waals surface area (Å²) in [7, 11) is 3.36. The van der Waals surface area contributed by atoms with Crippen LogP contribution in [0, 0.1) is 6.92 Å². The number of aryl methyl sites for hydroxylation is 1. The van der Waals surface area contributed by atoms with Crippen molar-refractivity contribution in [2.24, 2.45) is 0 Å². The van der Waals surface area contributed by atoms with Crippen molar-refractivity contribution in [3.63, 3.8) is 0 Å². The molecule has 0 aliphatic rings. The molecular formula is C14H18N2O2. The standard InChI is InChI=1S/C14H18N2O2/c1-10-9-12(15-7-8-17-2)11-5-4-6-13(18-3)14(11)16-10/h4-6,9H,7-8H2,1-3H3,(H,15,16). The molecular weight excluding hydrogens is 228 g/mol. The molecule has 4 nitrogen and oxygen atoms in total. The van der Waals surface area contributed by atoms with Gasteiger partial charge in [-0.15, -0.1) is 0 Å². The van der Waals surface area contributed by atoms with Crippen LogP contribution >= 0.6 is 0 Å². The highest BCUT2D eigenvalue weighted by Gasteiger charge is 2.07. The Morgan fingerprint density at radius 2 is 2.11 bits per heavy atom. The SMILES string of the molecule is COCCNc1cc(C)nc2c(OC)cccc12. The van der Waals surface area contributed by atoms with E-state index in [-0.39, 0.29) is 0 Å². The summed E-state index contributed by atoms with van der Waals surface area (Å²) in [4.78, 5) is 4.54. The van der Waals surface area contributed by atoms with E-state index >= 15 is 0 Å². The lowest BCUT2D eigenvalue weighted by Crippen LogP contribution is -2.08. The summed E-state index contributed by atoms with van der Waals surface area (Å²) in [5.41, 5.74) is 2.92. The van der Waals surface area contributed by atoms with Gasteiger partial charge in [-0.25, -0.2) is 4.98 Å². The fraction of sp³-hybridized carbons (Fsp3) is 0.357. The Kier molecular flexibility index (Phi) is 3.99. The van der Waals surface area contributed by atoms with E-state index in [1.807, 2.05) is 31.2 Å². The molecule has 0 radical (unpaired) electrons. The Morgan fingerprint density at radius 1 is 1.28 bits per heavy atom. The van der Waals surface area contributed by atoms with Crippen LogP contribution in [0.25, 0.3) is 10.9 Å². The number of aromatic nitrogens is 1. The van der Waals surface area contributed by atoms with Gasteiger partial charge in [0, 0.05) is 30.4 Å². The van der Waals surface area contributed by atoms with Gasteiger partial charge in [0.1, 0.15) is 11.3 Å². The highest BCUT2D eigenvalue weighted by atomic mass is 16.5. The van der Waals surface area contributed by atoms with Gasteiger partial charge in [0.25, 0.3) is 0 Å². The van der Waals surface area contributed by atoms with Crippen molar-refractivity contribution < 1.29 is 9.47 Å². The van der Waals surface area contributed by atoms with Crippen molar-refractivity contribution in [2.75, 3.05) is 32.7 Å². The van der Waals surface area contributed by atoms with Gasteiger partial charge in [0.2, 0.25) is 0 Å². The number of para-hydroxylation sites is 1. The van der Waals surface area contributed by atoms with E-state index < -0.39 is 0 Å². The largest absolute Gasteiger partial charge is 0.494 e. The first-order chi connectivity index (χ1) is 8.76. The van der Waals surface area contributed by atoms with Crippen molar-refractivity contribution in [1.82, 2.24) is 4.98 Å². The summed E-state index contributed by atoms with van der Waals surface area (Å²) < 4.78 is 10.4. The van der Waals surface area contributed by atoms with Crippen LogP contribution in [0.5, 0.6) is 5.75 Å². The van der Waals surface area contributed by atoms with E-state index in [4.69, 9.17) is 9.47 Å². The van der Waals surface area contributed by atoms with E-state index in [1.54, 1.807) is 14.2 Å². The molecule has 4 heteroatoms. The van der Waals surface area contributed by atoms with E-state index in [1.165, 1.54) is 0 Å². The maximum absolute atomic E-state index is 5.35. The molecule has 1 heterocycles. The smallest absolute Gasteiger partial charge is 0.145 e. The zero-order valence-electron chi connectivity index (χ0n) is 11.0. The molecule has 96 valence electrons. The number of pyridine rings is 1. The molecule has 0 fully saturated rings. The number of hydrogen-bond donors (Lipinski definition) is 1. The second-order valence-corrected chi connectivity index (χ2v) is 4.09. The molecule has 0 atom stereocenters. The first-order valence-corrected chi connectivity index (χ1v) is 5.93. The first kappa shape index (κ1) is 12.6. The number of fused-ring (bicyclic) bond motifs is 1. The topological polar surface area (TPSA) is 43.4 Å². The van der Waals surface area contributed by atoms with Crippen LogP contribution < -0.4 is 10.1 Å². The Balaban J connectivity index is 2.45. The summed E-state index contributed by atoms with van der Waals surface area (Å²) in [5, 5.41) is 4.43. The third kappa shape index (κ3) is 2.54. The predicted octanol–water partition coefficient (Wildman–Crippen LogP) is 2.61. The molecule has 0 spiro atoms. The summed E-state index contributed by atoms with van der Waals surface area (Å²) in [5.74, 6) is 0.797. The maximum Gasteiger partial charge on any atom is 0.145 e. The van der Waals surface area contributed by atoms with Crippen LogP contribution in [0.15, 0.2) is 24.3 Å². The molecule has 18 heavy (non-hydrogen) atoms. The molecule has 0 saturated heterocycles. The average molecular weight is 246 g/mol. The van der Waals surface area contributed by atoms with Gasteiger partial charge in [-0.2, -0.15) is 0 Å². The molecule has 0 unspecified atom stereocenters. The summed E-state index contributed by atoms with van der Waals surface area (Å²) in [6.07, 6.45) is 0. The first-order valence-electron chi connectivity index (χ1n) is 5.93. The number of benzene rings is 1. The van der Waals surface area contributed by atoms with E-state index in [0.29, 0.717) is 6.61 Å². The third-order valence-electron chi connectivity index (χ3n) is 2.77. The molecule has 1 aromatic heterocycles. The van der Waals surface area contributed by atoms with Crippen molar-refractivity contribution in [2.45, 2.75) is 6.92 Å². The van der Waals surface area contributed by atoms with Crippen LogP contribution in [0.2, 0.25) is 0 Å². The Morgan fingerprint density at radius 3 is 2.83 bits per heavy atom. The number of methoxy groups -OCH3 is 2. The molecule has 0 aliphatic carbocycles. The Bertz CT molecular complexity index is 541. The normalized spacial score (nSPS) is 10.6. The molecule has 1 aromatic carbocycles. The van der Waals surface area contributed by atoms with Crippen LogP contribution in [0.3, 0.4) is 0 Å². The Labute approximate surface area is 107 Å². The van der Waals surface area contributed by atoms with E-state index in [9.17, 15) is 0 Å². The zero-order chi connectivity index (χ0) is 13.0. The quantitative estimate of drug-likeness (QED) is 0.824. The van der Waals surface area contributed by atoms with Gasteiger partial charge in [0.15, 0.2) is 0 Å². The van der Waals surface area contributed by atoms with Gasteiger partial charge in [0.05, 0.1) is 13.7 Å². The second-order valence-electron chi connectivity index (χ2n) is 4.09. The van der Waals surface area contributed by atoms with Crippen molar-refractivity contribution in [3.05, 3.63) is 30.0 Å². The highest BCUT2D eigenvalue weighted by Crippen LogP contribution is 2.29. The zero-order valence-corrected chi connectivity index (χ0v) is 11.0. The van der Waals surface area contributed by atoms with Gasteiger partial charge in [-0.1, -0.05) is 12.1 Å². The number of hydrogen-bond acceptors (Lipinski definition) is 4. The minimum atomic E-state index is 0.673. The average Bonchev–Trinajstić information content (AvgIpc) is 2.38. The van der Waals surface area contributed by atoms with Crippen LogP contribution in [0.1, 0.15) is 5.69 Å². The lowest BCUT2D eigenvalue weighted by atomic mass is 10.1. The minimum absolute atomic E-state index is 0.673. The molecule has 2 rings (SSSR count). The molecule has 1 N–H and O–H groups in total. The van der Waals surface area contributed by atoms with Gasteiger partial charge >= 0.3 is 0 Å². The van der Waals surface area contributed by atoms with Crippen molar-refractivity contribution in [1.29, 1.82) is 0 Å². The fourth-order valence-electron chi connectivity index (χ4n) is 1.95. The number of rotatable bonds is 5. The minimum Gasteiger partial charge on any atom is -0.494 e. The molecule has 0 saturated carbocycles. The van der Waals surface area contributed by atoms with Crippen LogP contribution in [-0.2, 0) is 4.74 Å². The molecule has 0 amide bonds. The summed E-state index contributed by atoms with van der Waals surface area (Å²) in [6.45, 7) is 3.42. The van der Waals surface area contributed by atoms with E-state index in [0.717, 1.165) is 34.6 Å². The maximum atomic E-state index is 5.35. The number of anilines is 1. The number of nitrogens with zero attached hydrogens (tertiary/aromatic N) is 1. The lowest BCUT2D eigenvalue weighted by Gasteiger charge is -2.12. The fourth-order valence-corrected chi connectivity index (χ4v) is 1.95. The Hall–Kier alpha value is -1.81. The number of ether oxygens (including phenoxy) is 2. The van der Waals surface area contributed by atoms with Crippen molar-refractivity contribution in [3.8, 4) is 5.75 Å². The predicted molar refractivity (Wildman–Crippen MR) is 73.4 cm³/mol. The summed E-state index contributed by atoms with van der Waals surface area (Å²) in [6, 6.07) is 7.98.